The van der Waals surface area contributed by atoms with E-state index in [2.05, 4.69) is 38.1 Å². The van der Waals surface area contributed by atoms with Gasteiger partial charge in [0, 0.05) is 41.8 Å². The van der Waals surface area contributed by atoms with Gasteiger partial charge in [-0.2, -0.15) is 0 Å². The average Bonchev–Trinajstić information content (AvgIpc) is 3.53. The molecule has 1 aliphatic rings. The van der Waals surface area contributed by atoms with Crippen molar-refractivity contribution in [2.45, 2.75) is 19.4 Å². The second-order valence-corrected chi connectivity index (χ2v) is 8.16. The lowest BCUT2D eigenvalue weighted by molar-refractivity contribution is -0.121. The van der Waals surface area contributed by atoms with Crippen LogP contribution in [0.3, 0.4) is 0 Å². The van der Waals surface area contributed by atoms with Gasteiger partial charge in [0.2, 0.25) is 5.91 Å². The van der Waals surface area contributed by atoms with E-state index in [9.17, 15) is 4.79 Å². The molecule has 162 valence electrons. The number of piperidine rings is 1. The van der Waals surface area contributed by atoms with Crippen LogP contribution in [-0.4, -0.2) is 33.4 Å². The second-order valence-electron chi connectivity index (χ2n) is 8.16. The number of furan rings is 1. The summed E-state index contributed by atoms with van der Waals surface area (Å²) in [6, 6.07) is 21.7. The Morgan fingerprint density at radius 1 is 1.03 bits per heavy atom. The molecule has 1 aromatic carbocycles. The van der Waals surface area contributed by atoms with E-state index >= 15 is 0 Å². The summed E-state index contributed by atoms with van der Waals surface area (Å²) in [4.78, 5) is 19.7. The molecule has 0 radical (unpaired) electrons. The molecule has 0 saturated carbocycles. The first-order valence-corrected chi connectivity index (χ1v) is 11.0. The Morgan fingerprint density at radius 2 is 1.94 bits per heavy atom. The van der Waals surface area contributed by atoms with Gasteiger partial charge in [0.05, 0.1) is 6.26 Å². The van der Waals surface area contributed by atoms with Gasteiger partial charge in [-0.3, -0.25) is 9.69 Å². The molecule has 5 rings (SSSR count). The van der Waals surface area contributed by atoms with E-state index in [4.69, 9.17) is 4.42 Å². The normalized spacial score (nSPS) is 15.0. The van der Waals surface area contributed by atoms with Crippen molar-refractivity contribution in [3.05, 3.63) is 91.1 Å². The van der Waals surface area contributed by atoms with Crippen molar-refractivity contribution >= 4 is 11.6 Å². The Bertz CT molecular complexity index is 1160. The van der Waals surface area contributed by atoms with Crippen molar-refractivity contribution in [3.63, 3.8) is 0 Å². The fourth-order valence-electron chi connectivity index (χ4n) is 4.28. The van der Waals surface area contributed by atoms with Crippen LogP contribution in [0.5, 0.6) is 0 Å². The average molecular weight is 427 g/mol. The van der Waals surface area contributed by atoms with E-state index < -0.39 is 0 Å². The van der Waals surface area contributed by atoms with Crippen molar-refractivity contribution in [2.75, 3.05) is 18.4 Å². The summed E-state index contributed by atoms with van der Waals surface area (Å²) in [6.07, 6.45) is 7.23. The number of amides is 1. The number of carbonyl (C=O) groups excluding carboxylic acids is 1. The van der Waals surface area contributed by atoms with Gasteiger partial charge in [-0.15, -0.1) is 0 Å². The van der Waals surface area contributed by atoms with E-state index in [-0.39, 0.29) is 11.8 Å². The smallest absolute Gasteiger partial charge is 0.227 e. The summed E-state index contributed by atoms with van der Waals surface area (Å²) >= 11 is 0. The third-order valence-corrected chi connectivity index (χ3v) is 6.01. The first-order valence-electron chi connectivity index (χ1n) is 11.0. The number of hydrogen-bond donors (Lipinski definition) is 1. The minimum Gasteiger partial charge on any atom is -0.464 e. The molecule has 6 heteroatoms. The Labute approximate surface area is 187 Å². The lowest BCUT2D eigenvalue weighted by Gasteiger charge is -2.31. The zero-order valence-corrected chi connectivity index (χ0v) is 17.9. The highest BCUT2D eigenvalue weighted by Crippen LogP contribution is 2.25. The maximum atomic E-state index is 12.9. The van der Waals surface area contributed by atoms with E-state index in [1.54, 1.807) is 6.26 Å². The van der Waals surface area contributed by atoms with Gasteiger partial charge in [0.15, 0.2) is 0 Å². The monoisotopic (exact) mass is 426 g/mol. The summed E-state index contributed by atoms with van der Waals surface area (Å²) in [5.41, 5.74) is 2.97. The molecule has 4 aromatic rings. The maximum absolute atomic E-state index is 12.9. The minimum absolute atomic E-state index is 0.0288. The Balaban J connectivity index is 1.17. The zero-order valence-electron chi connectivity index (χ0n) is 17.9. The van der Waals surface area contributed by atoms with Crippen molar-refractivity contribution in [2.24, 2.45) is 5.92 Å². The Hall–Kier alpha value is -3.64. The number of benzene rings is 1. The van der Waals surface area contributed by atoms with Crippen molar-refractivity contribution in [3.8, 4) is 17.1 Å². The first kappa shape index (κ1) is 20.3. The van der Waals surface area contributed by atoms with Crippen molar-refractivity contribution in [1.29, 1.82) is 0 Å². The van der Waals surface area contributed by atoms with E-state index in [0.29, 0.717) is 0 Å². The molecule has 1 N–H and O–H groups in total. The molecule has 0 aliphatic carbocycles. The predicted octanol–water partition coefficient (Wildman–Crippen LogP) is 4.98. The third-order valence-electron chi connectivity index (χ3n) is 6.01. The molecule has 1 saturated heterocycles. The first-order chi connectivity index (χ1) is 15.8. The van der Waals surface area contributed by atoms with Crippen LogP contribution in [0, 0.1) is 5.92 Å². The van der Waals surface area contributed by atoms with Crippen LogP contribution in [0.1, 0.15) is 18.5 Å². The van der Waals surface area contributed by atoms with Crippen LogP contribution in [0.15, 0.2) is 89.8 Å². The SMILES string of the molecule is O=C(Nc1cccc(-c2ccco2)c1)C1CCN(Cc2cccn2-c2ccccn2)CC1. The van der Waals surface area contributed by atoms with E-state index in [0.717, 1.165) is 55.3 Å². The van der Waals surface area contributed by atoms with Crippen LogP contribution >= 0.6 is 0 Å². The number of likely N-dealkylation sites (tertiary alicyclic amines) is 1. The Kier molecular flexibility index (Phi) is 5.85. The van der Waals surface area contributed by atoms with Crippen LogP contribution < -0.4 is 5.32 Å². The van der Waals surface area contributed by atoms with Gasteiger partial charge in [0.25, 0.3) is 0 Å². The molecule has 1 amide bonds. The molecule has 32 heavy (non-hydrogen) atoms. The van der Waals surface area contributed by atoms with Crippen molar-refractivity contribution < 1.29 is 9.21 Å². The number of nitrogens with zero attached hydrogens (tertiary/aromatic N) is 3. The summed E-state index contributed by atoms with van der Waals surface area (Å²) < 4.78 is 7.59. The van der Waals surface area contributed by atoms with Crippen LogP contribution in [-0.2, 0) is 11.3 Å². The topological polar surface area (TPSA) is 63.3 Å². The number of hydrogen-bond acceptors (Lipinski definition) is 4. The molecular weight excluding hydrogens is 400 g/mol. The zero-order chi connectivity index (χ0) is 21.8. The number of rotatable bonds is 6. The fourth-order valence-corrected chi connectivity index (χ4v) is 4.28. The highest BCUT2D eigenvalue weighted by atomic mass is 16.3. The van der Waals surface area contributed by atoms with Crippen LogP contribution in [0.25, 0.3) is 17.1 Å². The second kappa shape index (κ2) is 9.24. The minimum atomic E-state index is 0.0288. The van der Waals surface area contributed by atoms with Gasteiger partial charge >= 0.3 is 0 Å². The number of nitrogens with one attached hydrogen (secondary N) is 1. The van der Waals surface area contributed by atoms with Crippen molar-refractivity contribution in [1.82, 2.24) is 14.5 Å². The number of anilines is 1. The van der Waals surface area contributed by atoms with E-state index in [1.165, 1.54) is 5.69 Å². The number of pyridine rings is 1. The van der Waals surface area contributed by atoms with Gasteiger partial charge in [-0.1, -0.05) is 18.2 Å². The molecular formula is C26H26N4O2. The number of carbonyl (C=O) groups is 1. The predicted molar refractivity (Wildman–Crippen MR) is 124 cm³/mol. The molecule has 4 heterocycles. The lowest BCUT2D eigenvalue weighted by Crippen LogP contribution is -2.38. The molecule has 3 aromatic heterocycles. The molecule has 0 unspecified atom stereocenters. The molecule has 1 fully saturated rings. The molecule has 0 spiro atoms. The largest absolute Gasteiger partial charge is 0.464 e. The third kappa shape index (κ3) is 4.50. The summed E-state index contributed by atoms with van der Waals surface area (Å²) in [7, 11) is 0. The number of aromatic nitrogens is 2. The van der Waals surface area contributed by atoms with Crippen LogP contribution in [0.2, 0.25) is 0 Å². The molecule has 1 aliphatic heterocycles. The standard InChI is InChI=1S/C26H26N4O2/c31-26(28-22-7-3-6-21(18-22)24-9-5-17-32-24)20-11-15-29(16-12-20)19-23-8-4-14-30(23)25-10-1-2-13-27-25/h1-10,13-14,17-18,20H,11-12,15-16,19H2,(H,28,31). The summed E-state index contributed by atoms with van der Waals surface area (Å²) in [6.45, 7) is 2.65. The van der Waals surface area contributed by atoms with Crippen LogP contribution in [0.4, 0.5) is 5.69 Å². The van der Waals surface area contributed by atoms with Gasteiger partial charge in [-0.05, 0) is 74.5 Å². The Morgan fingerprint density at radius 3 is 2.72 bits per heavy atom. The highest BCUT2D eigenvalue weighted by molar-refractivity contribution is 5.93. The van der Waals surface area contributed by atoms with Gasteiger partial charge in [-0.25, -0.2) is 4.98 Å². The molecule has 0 bridgehead atoms. The highest BCUT2D eigenvalue weighted by Gasteiger charge is 2.25. The lowest BCUT2D eigenvalue weighted by atomic mass is 9.95. The van der Waals surface area contributed by atoms with Gasteiger partial charge < -0.3 is 14.3 Å². The molecule has 6 nitrogen and oxygen atoms in total. The maximum Gasteiger partial charge on any atom is 0.227 e. The fraction of sp³-hybridized carbons (Fsp3) is 0.231. The molecule has 0 atom stereocenters. The summed E-state index contributed by atoms with van der Waals surface area (Å²) in [5, 5.41) is 3.09. The quantitative estimate of drug-likeness (QED) is 0.472. The summed E-state index contributed by atoms with van der Waals surface area (Å²) in [5.74, 6) is 1.85. The van der Waals surface area contributed by atoms with Gasteiger partial charge in [0.1, 0.15) is 11.6 Å². The van der Waals surface area contributed by atoms with E-state index in [1.807, 2.05) is 60.8 Å².